The molecule has 1 aliphatic heterocycles. The monoisotopic (exact) mass is 401 g/mol. The second-order valence-electron chi connectivity index (χ2n) is 8.11. The average molecular weight is 402 g/mol. The van der Waals surface area contributed by atoms with E-state index in [1.165, 1.54) is 6.26 Å². The SMILES string of the molecule is COCCCn1c(CN2CCC([C@H](O)CC(C)C)CC2)cnc1S(C)(=O)=O. The zero-order valence-electron chi connectivity index (χ0n) is 17.1. The summed E-state index contributed by atoms with van der Waals surface area (Å²) in [5, 5.41) is 10.5. The van der Waals surface area contributed by atoms with E-state index >= 15 is 0 Å². The van der Waals surface area contributed by atoms with Crippen molar-refractivity contribution in [1.82, 2.24) is 14.5 Å². The van der Waals surface area contributed by atoms with Crippen LogP contribution in [0, 0.1) is 11.8 Å². The van der Waals surface area contributed by atoms with Crippen LogP contribution < -0.4 is 0 Å². The summed E-state index contributed by atoms with van der Waals surface area (Å²) in [5.74, 6) is 0.871. The van der Waals surface area contributed by atoms with Crippen molar-refractivity contribution >= 4 is 9.84 Å². The normalized spacial score (nSPS) is 18.3. The van der Waals surface area contributed by atoms with Gasteiger partial charge in [-0.15, -0.1) is 0 Å². The Bertz CT molecular complexity index is 679. The number of aliphatic hydroxyl groups excluding tert-OH is 1. The smallest absolute Gasteiger partial charge is 0.227 e. The maximum absolute atomic E-state index is 12.0. The van der Waals surface area contributed by atoms with Gasteiger partial charge < -0.3 is 14.4 Å². The Morgan fingerprint density at radius 3 is 2.56 bits per heavy atom. The van der Waals surface area contributed by atoms with Crippen LogP contribution in [0.4, 0.5) is 0 Å². The zero-order valence-corrected chi connectivity index (χ0v) is 17.9. The van der Waals surface area contributed by atoms with Crippen LogP contribution in [0.15, 0.2) is 11.4 Å². The van der Waals surface area contributed by atoms with Gasteiger partial charge in [-0.05, 0) is 50.6 Å². The van der Waals surface area contributed by atoms with E-state index < -0.39 is 9.84 Å². The van der Waals surface area contributed by atoms with E-state index in [1.807, 2.05) is 4.57 Å². The third-order valence-corrected chi connectivity index (χ3v) is 6.23. The van der Waals surface area contributed by atoms with Crippen molar-refractivity contribution in [3.63, 3.8) is 0 Å². The Kier molecular flexibility index (Phi) is 8.27. The second-order valence-corrected chi connectivity index (χ2v) is 10.0. The summed E-state index contributed by atoms with van der Waals surface area (Å²) in [6, 6.07) is 0. The molecule has 1 saturated heterocycles. The molecule has 8 heteroatoms. The first kappa shape index (κ1) is 22.3. The number of imidazole rings is 1. The molecule has 0 bridgehead atoms. The van der Waals surface area contributed by atoms with E-state index in [9.17, 15) is 13.5 Å². The van der Waals surface area contributed by atoms with Crippen LogP contribution in [0.2, 0.25) is 0 Å². The van der Waals surface area contributed by atoms with Gasteiger partial charge in [-0.2, -0.15) is 0 Å². The molecule has 1 aromatic rings. The number of hydrogen-bond donors (Lipinski definition) is 1. The molecule has 1 aromatic heterocycles. The largest absolute Gasteiger partial charge is 0.393 e. The van der Waals surface area contributed by atoms with Crippen molar-refractivity contribution in [2.75, 3.05) is 33.1 Å². The molecule has 0 spiro atoms. The topological polar surface area (TPSA) is 84.7 Å². The minimum absolute atomic E-state index is 0.135. The van der Waals surface area contributed by atoms with E-state index in [0.29, 0.717) is 31.5 Å². The molecule has 0 radical (unpaired) electrons. The predicted octanol–water partition coefficient (Wildman–Crippen LogP) is 1.94. The number of ether oxygens (including phenoxy) is 1. The fraction of sp³-hybridized carbons (Fsp3) is 0.842. The molecule has 0 aromatic carbocycles. The molecule has 0 saturated carbocycles. The molecule has 2 heterocycles. The molecule has 7 nitrogen and oxygen atoms in total. The molecule has 1 atom stereocenters. The number of aromatic nitrogens is 2. The maximum atomic E-state index is 12.0. The highest BCUT2D eigenvalue weighted by Gasteiger charge is 2.27. The van der Waals surface area contributed by atoms with Gasteiger partial charge in [0.1, 0.15) is 0 Å². The number of piperidine rings is 1. The van der Waals surface area contributed by atoms with Gasteiger partial charge in [0.2, 0.25) is 15.0 Å². The van der Waals surface area contributed by atoms with Crippen molar-refractivity contribution in [3.05, 3.63) is 11.9 Å². The molecule has 1 aliphatic rings. The fourth-order valence-corrected chi connectivity index (χ4v) is 4.67. The number of nitrogens with zero attached hydrogens (tertiary/aromatic N) is 3. The standard InChI is InChI=1S/C19H35N3O4S/c1-15(2)12-18(23)16-6-9-21(10-7-16)14-17-13-20-19(27(4,24)25)22(17)8-5-11-26-3/h13,15-16,18,23H,5-12,14H2,1-4H3/t18-/m1/s1. The Hall–Kier alpha value is -0.960. The third kappa shape index (κ3) is 6.55. The Balaban J connectivity index is 2.00. The van der Waals surface area contributed by atoms with Crippen LogP contribution >= 0.6 is 0 Å². The molecule has 2 rings (SSSR count). The lowest BCUT2D eigenvalue weighted by Crippen LogP contribution is -2.38. The summed E-state index contributed by atoms with van der Waals surface area (Å²) in [6.07, 6.45) is 6.22. The highest BCUT2D eigenvalue weighted by atomic mass is 32.2. The van der Waals surface area contributed by atoms with Gasteiger partial charge in [0.05, 0.1) is 18.0 Å². The number of likely N-dealkylation sites (tertiary alicyclic amines) is 1. The van der Waals surface area contributed by atoms with Crippen LogP contribution in [0.1, 0.15) is 45.2 Å². The molecule has 0 unspecified atom stereocenters. The second kappa shape index (κ2) is 10.0. The van der Waals surface area contributed by atoms with Crippen molar-refractivity contribution in [1.29, 1.82) is 0 Å². The van der Waals surface area contributed by atoms with Gasteiger partial charge in [0.15, 0.2) is 0 Å². The fourth-order valence-electron chi connectivity index (χ4n) is 3.82. The summed E-state index contributed by atoms with van der Waals surface area (Å²) in [4.78, 5) is 6.50. The number of sulfone groups is 1. The van der Waals surface area contributed by atoms with Gasteiger partial charge in [-0.1, -0.05) is 13.8 Å². The summed E-state index contributed by atoms with van der Waals surface area (Å²) in [6.45, 7) is 7.96. The van der Waals surface area contributed by atoms with Crippen molar-refractivity contribution in [2.24, 2.45) is 11.8 Å². The number of rotatable bonds is 10. The summed E-state index contributed by atoms with van der Waals surface area (Å²) in [5.41, 5.74) is 0.924. The van der Waals surface area contributed by atoms with Crippen LogP contribution in [0.25, 0.3) is 0 Å². The lowest BCUT2D eigenvalue weighted by molar-refractivity contribution is 0.0430. The minimum atomic E-state index is -3.36. The van der Waals surface area contributed by atoms with Gasteiger partial charge in [-0.25, -0.2) is 13.4 Å². The summed E-state index contributed by atoms with van der Waals surface area (Å²) >= 11 is 0. The number of aliphatic hydroxyl groups is 1. The number of hydrogen-bond acceptors (Lipinski definition) is 6. The Morgan fingerprint density at radius 1 is 1.33 bits per heavy atom. The molecule has 0 amide bonds. The molecule has 1 N–H and O–H groups in total. The van der Waals surface area contributed by atoms with Crippen LogP contribution in [0.3, 0.4) is 0 Å². The van der Waals surface area contributed by atoms with Crippen LogP contribution in [0.5, 0.6) is 0 Å². The van der Waals surface area contributed by atoms with E-state index in [1.54, 1.807) is 13.3 Å². The van der Waals surface area contributed by atoms with Gasteiger partial charge in [0.25, 0.3) is 0 Å². The Labute approximate surface area is 163 Å². The van der Waals surface area contributed by atoms with E-state index in [2.05, 4.69) is 23.7 Å². The predicted molar refractivity (Wildman–Crippen MR) is 105 cm³/mol. The van der Waals surface area contributed by atoms with Crippen molar-refractivity contribution < 1.29 is 18.3 Å². The van der Waals surface area contributed by atoms with E-state index in [-0.39, 0.29) is 11.3 Å². The number of methoxy groups -OCH3 is 1. The lowest BCUT2D eigenvalue weighted by Gasteiger charge is -2.34. The first-order chi connectivity index (χ1) is 12.7. The summed E-state index contributed by atoms with van der Waals surface area (Å²) < 4.78 is 31.0. The first-order valence-corrected chi connectivity index (χ1v) is 11.7. The van der Waals surface area contributed by atoms with Crippen LogP contribution in [-0.4, -0.2) is 67.1 Å². The van der Waals surface area contributed by atoms with Gasteiger partial charge >= 0.3 is 0 Å². The molecular formula is C19H35N3O4S. The van der Waals surface area contributed by atoms with Crippen molar-refractivity contribution in [3.8, 4) is 0 Å². The molecule has 0 aliphatic carbocycles. The lowest BCUT2D eigenvalue weighted by atomic mass is 9.87. The molecular weight excluding hydrogens is 366 g/mol. The van der Waals surface area contributed by atoms with Crippen molar-refractivity contribution in [2.45, 2.75) is 63.9 Å². The third-order valence-electron chi connectivity index (χ3n) is 5.24. The maximum Gasteiger partial charge on any atom is 0.227 e. The Morgan fingerprint density at radius 2 is 2.00 bits per heavy atom. The quantitative estimate of drug-likeness (QED) is 0.603. The zero-order chi connectivity index (χ0) is 20.0. The summed E-state index contributed by atoms with van der Waals surface area (Å²) in [7, 11) is -1.72. The van der Waals surface area contributed by atoms with Crippen LogP contribution in [-0.2, 0) is 27.7 Å². The van der Waals surface area contributed by atoms with E-state index in [4.69, 9.17) is 4.74 Å². The molecule has 156 valence electrons. The van der Waals surface area contributed by atoms with Gasteiger partial charge in [0, 0.05) is 33.1 Å². The highest BCUT2D eigenvalue weighted by molar-refractivity contribution is 7.90. The highest BCUT2D eigenvalue weighted by Crippen LogP contribution is 2.26. The minimum Gasteiger partial charge on any atom is -0.393 e. The average Bonchev–Trinajstić information content (AvgIpc) is 2.98. The first-order valence-electron chi connectivity index (χ1n) is 9.86. The molecule has 27 heavy (non-hydrogen) atoms. The molecule has 1 fully saturated rings. The van der Waals surface area contributed by atoms with E-state index in [0.717, 1.165) is 44.5 Å². The van der Waals surface area contributed by atoms with Gasteiger partial charge in [-0.3, -0.25) is 4.90 Å².